The van der Waals surface area contributed by atoms with Crippen LogP contribution in [-0.4, -0.2) is 0 Å². The van der Waals surface area contributed by atoms with Gasteiger partial charge in [-0.1, -0.05) is 64.8 Å². The zero-order chi connectivity index (χ0) is 13.7. The topological polar surface area (TPSA) is 12.0 Å². The van der Waals surface area contributed by atoms with Crippen LogP contribution in [-0.2, 0) is 6.54 Å². The highest BCUT2D eigenvalue weighted by Crippen LogP contribution is 2.23. The highest BCUT2D eigenvalue weighted by molar-refractivity contribution is 9.10. The van der Waals surface area contributed by atoms with E-state index in [-0.39, 0.29) is 0 Å². The fraction of sp³-hybridized carbons (Fsp3) is 0.250. The molecule has 0 amide bonds. The lowest BCUT2D eigenvalue weighted by atomic mass is 10.0. The van der Waals surface area contributed by atoms with Gasteiger partial charge in [0.25, 0.3) is 0 Å². The maximum absolute atomic E-state index is 6.21. The molecule has 2 aromatic rings. The maximum atomic E-state index is 6.21. The van der Waals surface area contributed by atoms with Gasteiger partial charge in [0.2, 0.25) is 0 Å². The summed E-state index contributed by atoms with van der Waals surface area (Å²) in [5.74, 6) is 0. The second kappa shape index (κ2) is 7.09. The van der Waals surface area contributed by atoms with Crippen LogP contribution in [0.2, 0.25) is 5.02 Å². The van der Waals surface area contributed by atoms with Crippen molar-refractivity contribution in [2.45, 2.75) is 25.9 Å². The molecule has 0 aliphatic carbocycles. The van der Waals surface area contributed by atoms with Crippen molar-refractivity contribution >= 4 is 27.5 Å². The maximum Gasteiger partial charge on any atom is 0.0451 e. The zero-order valence-corrected chi connectivity index (χ0v) is 13.2. The largest absolute Gasteiger partial charge is 0.306 e. The van der Waals surface area contributed by atoms with Crippen molar-refractivity contribution in [1.29, 1.82) is 0 Å². The van der Waals surface area contributed by atoms with Crippen molar-refractivity contribution < 1.29 is 0 Å². The molecular formula is C16H17BrClN. The lowest BCUT2D eigenvalue weighted by Gasteiger charge is -2.18. The molecule has 1 nitrogen and oxygen atoms in total. The number of hydrogen-bond donors (Lipinski definition) is 1. The van der Waals surface area contributed by atoms with Gasteiger partial charge in [-0.15, -0.1) is 0 Å². The smallest absolute Gasteiger partial charge is 0.0451 e. The summed E-state index contributed by atoms with van der Waals surface area (Å²) in [7, 11) is 0. The molecule has 1 unspecified atom stereocenters. The van der Waals surface area contributed by atoms with E-state index in [1.54, 1.807) is 0 Å². The fourth-order valence-electron chi connectivity index (χ4n) is 2.10. The molecule has 0 bridgehead atoms. The van der Waals surface area contributed by atoms with Crippen LogP contribution in [0.15, 0.2) is 53.0 Å². The minimum atomic E-state index is 0.358. The molecular weight excluding hydrogens is 322 g/mol. The molecule has 0 aliphatic heterocycles. The number of rotatable bonds is 5. The van der Waals surface area contributed by atoms with Crippen LogP contribution < -0.4 is 5.32 Å². The van der Waals surface area contributed by atoms with E-state index in [9.17, 15) is 0 Å². The van der Waals surface area contributed by atoms with Crippen LogP contribution in [0.5, 0.6) is 0 Å². The van der Waals surface area contributed by atoms with Gasteiger partial charge < -0.3 is 5.32 Å². The summed E-state index contributed by atoms with van der Waals surface area (Å²) in [6.07, 6.45) is 1.05. The molecule has 0 fully saturated rings. The first-order valence-electron chi connectivity index (χ1n) is 6.43. The first-order valence-corrected chi connectivity index (χ1v) is 7.60. The van der Waals surface area contributed by atoms with Gasteiger partial charge >= 0.3 is 0 Å². The molecule has 2 aromatic carbocycles. The normalized spacial score (nSPS) is 12.4. The van der Waals surface area contributed by atoms with E-state index in [1.165, 1.54) is 5.56 Å². The van der Waals surface area contributed by atoms with Crippen molar-refractivity contribution in [1.82, 2.24) is 5.32 Å². The molecule has 0 saturated carbocycles. The quantitative estimate of drug-likeness (QED) is 0.775. The third-order valence-electron chi connectivity index (χ3n) is 3.16. The predicted molar refractivity (Wildman–Crippen MR) is 85.5 cm³/mol. The Balaban J connectivity index is 2.06. The predicted octanol–water partition coefficient (Wildman–Crippen LogP) is 5.34. The SMILES string of the molecule is CCC(NCc1cc(Br)ccc1Cl)c1ccccc1. The second-order valence-electron chi connectivity index (χ2n) is 4.49. The van der Waals surface area contributed by atoms with E-state index >= 15 is 0 Å². The van der Waals surface area contributed by atoms with Crippen molar-refractivity contribution in [3.05, 3.63) is 69.2 Å². The van der Waals surface area contributed by atoms with Crippen molar-refractivity contribution in [3.63, 3.8) is 0 Å². The van der Waals surface area contributed by atoms with Gasteiger partial charge in [-0.05, 0) is 35.7 Å². The molecule has 0 radical (unpaired) electrons. The third-order valence-corrected chi connectivity index (χ3v) is 4.02. The highest BCUT2D eigenvalue weighted by Gasteiger charge is 2.09. The van der Waals surface area contributed by atoms with Crippen LogP contribution in [0.3, 0.4) is 0 Å². The molecule has 19 heavy (non-hydrogen) atoms. The average Bonchev–Trinajstić information content (AvgIpc) is 2.44. The van der Waals surface area contributed by atoms with Gasteiger partial charge in [0, 0.05) is 22.1 Å². The Kier molecular flexibility index (Phi) is 5.44. The Hall–Kier alpha value is -0.830. The Bertz CT molecular complexity index is 528. The number of halogens is 2. The molecule has 0 aromatic heterocycles. The molecule has 100 valence electrons. The van der Waals surface area contributed by atoms with E-state index < -0.39 is 0 Å². The van der Waals surface area contributed by atoms with Crippen LogP contribution in [0.1, 0.15) is 30.5 Å². The lowest BCUT2D eigenvalue weighted by Crippen LogP contribution is -2.20. The fourth-order valence-corrected chi connectivity index (χ4v) is 2.69. The Morgan fingerprint density at radius 2 is 1.89 bits per heavy atom. The molecule has 1 atom stereocenters. The Labute approximate surface area is 128 Å². The van der Waals surface area contributed by atoms with Gasteiger partial charge in [-0.3, -0.25) is 0 Å². The minimum Gasteiger partial charge on any atom is -0.306 e. The van der Waals surface area contributed by atoms with Crippen molar-refractivity contribution in [2.24, 2.45) is 0 Å². The van der Waals surface area contributed by atoms with E-state index in [4.69, 9.17) is 11.6 Å². The standard InChI is InChI=1S/C16H17BrClN/c1-2-16(12-6-4-3-5-7-12)19-11-13-10-14(17)8-9-15(13)18/h3-10,16,19H,2,11H2,1H3. The lowest BCUT2D eigenvalue weighted by molar-refractivity contribution is 0.519. The van der Waals surface area contributed by atoms with Gasteiger partial charge in [0.15, 0.2) is 0 Å². The molecule has 3 heteroatoms. The average molecular weight is 339 g/mol. The summed E-state index contributed by atoms with van der Waals surface area (Å²) < 4.78 is 1.06. The van der Waals surface area contributed by atoms with Gasteiger partial charge in [0.05, 0.1) is 0 Å². The summed E-state index contributed by atoms with van der Waals surface area (Å²) in [5, 5.41) is 4.37. The zero-order valence-electron chi connectivity index (χ0n) is 10.9. The first-order chi connectivity index (χ1) is 9.20. The number of benzene rings is 2. The highest BCUT2D eigenvalue weighted by atomic mass is 79.9. The molecule has 0 heterocycles. The van der Waals surface area contributed by atoms with Crippen LogP contribution in [0.4, 0.5) is 0 Å². The van der Waals surface area contributed by atoms with Crippen LogP contribution >= 0.6 is 27.5 Å². The van der Waals surface area contributed by atoms with Gasteiger partial charge in [-0.2, -0.15) is 0 Å². The Morgan fingerprint density at radius 1 is 1.16 bits per heavy atom. The van der Waals surface area contributed by atoms with Gasteiger partial charge in [0.1, 0.15) is 0 Å². The molecule has 2 rings (SSSR count). The third kappa shape index (κ3) is 4.07. The van der Waals surface area contributed by atoms with E-state index in [1.807, 2.05) is 18.2 Å². The summed E-state index contributed by atoms with van der Waals surface area (Å²) in [6.45, 7) is 2.96. The number of nitrogens with one attached hydrogen (secondary N) is 1. The van der Waals surface area contributed by atoms with Gasteiger partial charge in [-0.25, -0.2) is 0 Å². The molecule has 1 N–H and O–H groups in total. The van der Waals surface area contributed by atoms with E-state index in [2.05, 4.69) is 58.5 Å². The van der Waals surface area contributed by atoms with Crippen molar-refractivity contribution in [3.8, 4) is 0 Å². The molecule has 0 aliphatic rings. The minimum absolute atomic E-state index is 0.358. The monoisotopic (exact) mass is 337 g/mol. The van der Waals surface area contributed by atoms with E-state index in [0.29, 0.717) is 6.04 Å². The number of hydrogen-bond acceptors (Lipinski definition) is 1. The summed E-state index contributed by atoms with van der Waals surface area (Å²) in [6, 6.07) is 16.8. The molecule has 0 saturated heterocycles. The second-order valence-corrected chi connectivity index (χ2v) is 5.81. The van der Waals surface area contributed by atoms with Crippen molar-refractivity contribution in [2.75, 3.05) is 0 Å². The molecule has 0 spiro atoms. The first kappa shape index (κ1) is 14.6. The Morgan fingerprint density at radius 3 is 2.58 bits per heavy atom. The summed E-state index contributed by atoms with van der Waals surface area (Å²) in [4.78, 5) is 0. The van der Waals surface area contributed by atoms with E-state index in [0.717, 1.165) is 28.0 Å². The van der Waals surface area contributed by atoms with Crippen LogP contribution in [0, 0.1) is 0 Å². The summed E-state index contributed by atoms with van der Waals surface area (Å²) in [5.41, 5.74) is 2.43. The summed E-state index contributed by atoms with van der Waals surface area (Å²) >= 11 is 9.69. The van der Waals surface area contributed by atoms with Crippen LogP contribution in [0.25, 0.3) is 0 Å².